The molecule has 0 bridgehead atoms. The number of aryl methyl sites for hydroxylation is 1. The van der Waals surface area contributed by atoms with Crippen molar-refractivity contribution in [2.45, 2.75) is 33.2 Å². The summed E-state index contributed by atoms with van der Waals surface area (Å²) in [4.78, 5) is 4.21. The maximum absolute atomic E-state index is 4.36. The fraction of sp³-hybridized carbons (Fsp3) is 0.385. The monoisotopic (exact) mass is 215 g/mol. The Kier molecular flexibility index (Phi) is 3.04. The lowest BCUT2D eigenvalue weighted by Gasteiger charge is -2.13. The van der Waals surface area contributed by atoms with Crippen molar-refractivity contribution in [1.82, 2.24) is 14.8 Å². The zero-order valence-corrected chi connectivity index (χ0v) is 10.0. The maximum atomic E-state index is 4.36. The molecule has 16 heavy (non-hydrogen) atoms. The molecule has 0 radical (unpaired) electrons. The van der Waals surface area contributed by atoms with Crippen molar-refractivity contribution in [2.75, 3.05) is 0 Å². The number of aromatic nitrogens is 3. The van der Waals surface area contributed by atoms with Crippen molar-refractivity contribution >= 4 is 0 Å². The molecule has 2 rings (SSSR count). The zero-order valence-electron chi connectivity index (χ0n) is 10.0. The SMILES string of the molecule is CCc1ccncc1-c1ccnn1C(C)C. The molecule has 3 nitrogen and oxygen atoms in total. The van der Waals surface area contributed by atoms with E-state index in [0.29, 0.717) is 6.04 Å². The second-order valence-electron chi connectivity index (χ2n) is 4.14. The molecule has 0 spiro atoms. The highest BCUT2D eigenvalue weighted by atomic mass is 15.3. The van der Waals surface area contributed by atoms with Crippen LogP contribution in [0.1, 0.15) is 32.4 Å². The van der Waals surface area contributed by atoms with E-state index >= 15 is 0 Å². The van der Waals surface area contributed by atoms with E-state index in [-0.39, 0.29) is 0 Å². The van der Waals surface area contributed by atoms with Crippen LogP contribution in [-0.2, 0) is 6.42 Å². The number of nitrogens with zero attached hydrogens (tertiary/aromatic N) is 3. The van der Waals surface area contributed by atoms with Crippen LogP contribution >= 0.6 is 0 Å². The van der Waals surface area contributed by atoms with Gasteiger partial charge in [0.05, 0.1) is 5.69 Å². The van der Waals surface area contributed by atoms with Gasteiger partial charge in [0.15, 0.2) is 0 Å². The van der Waals surface area contributed by atoms with E-state index in [1.54, 1.807) is 0 Å². The molecule has 0 saturated carbocycles. The summed E-state index contributed by atoms with van der Waals surface area (Å²) < 4.78 is 2.04. The first-order valence-corrected chi connectivity index (χ1v) is 5.70. The van der Waals surface area contributed by atoms with E-state index in [1.807, 2.05) is 23.3 Å². The molecule has 0 fully saturated rings. The molecular formula is C13H17N3. The first kappa shape index (κ1) is 10.9. The highest BCUT2D eigenvalue weighted by molar-refractivity contribution is 5.62. The molecular weight excluding hydrogens is 198 g/mol. The minimum Gasteiger partial charge on any atom is -0.264 e. The molecule has 0 saturated heterocycles. The van der Waals surface area contributed by atoms with Gasteiger partial charge in [0.2, 0.25) is 0 Å². The summed E-state index contributed by atoms with van der Waals surface area (Å²) >= 11 is 0. The van der Waals surface area contributed by atoms with Gasteiger partial charge in [-0.05, 0) is 38.0 Å². The molecule has 0 aliphatic carbocycles. The summed E-state index contributed by atoms with van der Waals surface area (Å²) in [5, 5.41) is 4.36. The third-order valence-corrected chi connectivity index (χ3v) is 2.73. The Morgan fingerprint density at radius 1 is 1.25 bits per heavy atom. The normalized spacial score (nSPS) is 11.0. The van der Waals surface area contributed by atoms with Crippen LogP contribution < -0.4 is 0 Å². The van der Waals surface area contributed by atoms with Crippen molar-refractivity contribution in [3.05, 3.63) is 36.3 Å². The lowest BCUT2D eigenvalue weighted by Crippen LogP contribution is -2.05. The third kappa shape index (κ3) is 1.85. The van der Waals surface area contributed by atoms with Gasteiger partial charge < -0.3 is 0 Å². The number of hydrogen-bond donors (Lipinski definition) is 0. The highest BCUT2D eigenvalue weighted by Crippen LogP contribution is 2.24. The van der Waals surface area contributed by atoms with Crippen LogP contribution in [0.25, 0.3) is 11.3 Å². The second kappa shape index (κ2) is 4.47. The highest BCUT2D eigenvalue weighted by Gasteiger charge is 2.10. The molecule has 0 aliphatic heterocycles. The van der Waals surface area contributed by atoms with Gasteiger partial charge in [0, 0.05) is 30.2 Å². The quantitative estimate of drug-likeness (QED) is 0.787. The Balaban J connectivity index is 2.54. The fourth-order valence-corrected chi connectivity index (χ4v) is 1.90. The topological polar surface area (TPSA) is 30.7 Å². The van der Waals surface area contributed by atoms with Crippen molar-refractivity contribution in [3.8, 4) is 11.3 Å². The smallest absolute Gasteiger partial charge is 0.0703 e. The van der Waals surface area contributed by atoms with Crippen LogP contribution in [0.15, 0.2) is 30.7 Å². The van der Waals surface area contributed by atoms with Gasteiger partial charge in [0.1, 0.15) is 0 Å². The average molecular weight is 215 g/mol. The van der Waals surface area contributed by atoms with Crippen LogP contribution in [0.4, 0.5) is 0 Å². The van der Waals surface area contributed by atoms with Gasteiger partial charge >= 0.3 is 0 Å². The summed E-state index contributed by atoms with van der Waals surface area (Å²) in [5.41, 5.74) is 3.66. The Bertz CT molecular complexity index is 472. The molecule has 0 N–H and O–H groups in total. The Hall–Kier alpha value is -1.64. The van der Waals surface area contributed by atoms with E-state index in [9.17, 15) is 0 Å². The zero-order chi connectivity index (χ0) is 11.5. The van der Waals surface area contributed by atoms with Crippen LogP contribution in [0.2, 0.25) is 0 Å². The van der Waals surface area contributed by atoms with Gasteiger partial charge in [-0.3, -0.25) is 9.67 Å². The van der Waals surface area contributed by atoms with Crippen molar-refractivity contribution in [3.63, 3.8) is 0 Å². The van der Waals surface area contributed by atoms with Gasteiger partial charge in [-0.2, -0.15) is 5.10 Å². The maximum Gasteiger partial charge on any atom is 0.0703 e. The largest absolute Gasteiger partial charge is 0.264 e. The Morgan fingerprint density at radius 3 is 2.75 bits per heavy atom. The van der Waals surface area contributed by atoms with Crippen LogP contribution in [-0.4, -0.2) is 14.8 Å². The first-order valence-electron chi connectivity index (χ1n) is 5.70. The Labute approximate surface area is 96.1 Å². The first-order chi connectivity index (χ1) is 7.74. The van der Waals surface area contributed by atoms with E-state index < -0.39 is 0 Å². The van der Waals surface area contributed by atoms with E-state index in [1.165, 1.54) is 11.1 Å². The van der Waals surface area contributed by atoms with Crippen molar-refractivity contribution < 1.29 is 0 Å². The van der Waals surface area contributed by atoms with Crippen molar-refractivity contribution in [2.24, 2.45) is 0 Å². The standard InChI is InChI=1S/C13H17N3/c1-4-11-5-7-14-9-12(11)13-6-8-15-16(13)10(2)3/h5-10H,4H2,1-3H3. The molecule has 0 aromatic carbocycles. The van der Waals surface area contributed by atoms with Crippen LogP contribution in [0.5, 0.6) is 0 Å². The molecule has 2 aromatic rings. The Morgan fingerprint density at radius 2 is 2.06 bits per heavy atom. The molecule has 0 unspecified atom stereocenters. The summed E-state index contributed by atoms with van der Waals surface area (Å²) in [5.74, 6) is 0. The number of pyridine rings is 1. The molecule has 84 valence electrons. The summed E-state index contributed by atoms with van der Waals surface area (Å²) in [7, 11) is 0. The number of hydrogen-bond acceptors (Lipinski definition) is 2. The minimum atomic E-state index is 0.370. The number of rotatable bonds is 3. The van der Waals surface area contributed by atoms with E-state index in [4.69, 9.17) is 0 Å². The van der Waals surface area contributed by atoms with E-state index in [2.05, 4.69) is 43.0 Å². The molecule has 3 heteroatoms. The lowest BCUT2D eigenvalue weighted by atomic mass is 10.1. The molecule has 2 heterocycles. The van der Waals surface area contributed by atoms with Crippen LogP contribution in [0.3, 0.4) is 0 Å². The lowest BCUT2D eigenvalue weighted by molar-refractivity contribution is 0.538. The van der Waals surface area contributed by atoms with Gasteiger partial charge in [-0.15, -0.1) is 0 Å². The summed E-state index contributed by atoms with van der Waals surface area (Å²) in [6.45, 7) is 6.44. The predicted molar refractivity (Wildman–Crippen MR) is 65.2 cm³/mol. The van der Waals surface area contributed by atoms with E-state index in [0.717, 1.165) is 12.1 Å². The van der Waals surface area contributed by atoms with Gasteiger partial charge in [-0.1, -0.05) is 6.92 Å². The summed E-state index contributed by atoms with van der Waals surface area (Å²) in [6.07, 6.45) is 6.63. The summed E-state index contributed by atoms with van der Waals surface area (Å²) in [6, 6.07) is 4.50. The second-order valence-corrected chi connectivity index (χ2v) is 4.14. The molecule has 0 atom stereocenters. The predicted octanol–water partition coefficient (Wildman–Crippen LogP) is 3.09. The molecule has 0 amide bonds. The fourth-order valence-electron chi connectivity index (χ4n) is 1.90. The van der Waals surface area contributed by atoms with Crippen molar-refractivity contribution in [1.29, 1.82) is 0 Å². The van der Waals surface area contributed by atoms with Gasteiger partial charge in [0.25, 0.3) is 0 Å². The minimum absolute atomic E-state index is 0.370. The molecule has 2 aromatic heterocycles. The van der Waals surface area contributed by atoms with Crippen LogP contribution in [0, 0.1) is 0 Å². The molecule has 0 aliphatic rings. The third-order valence-electron chi connectivity index (χ3n) is 2.73. The average Bonchev–Trinajstić information content (AvgIpc) is 2.77. The van der Waals surface area contributed by atoms with Gasteiger partial charge in [-0.25, -0.2) is 0 Å².